The third-order valence-electron chi connectivity index (χ3n) is 7.40. The second-order valence-electron chi connectivity index (χ2n) is 9.94. The van der Waals surface area contributed by atoms with Crippen LogP contribution in [0.5, 0.6) is 0 Å². The van der Waals surface area contributed by atoms with Crippen molar-refractivity contribution in [3.63, 3.8) is 0 Å². The number of aromatic amines is 1. The molecule has 0 saturated carbocycles. The molecule has 11 heteroatoms. The van der Waals surface area contributed by atoms with Crippen molar-refractivity contribution in [2.45, 2.75) is 37.3 Å². The first-order chi connectivity index (χ1) is 19.0. The molecule has 0 atom stereocenters. The highest BCUT2D eigenvalue weighted by atomic mass is 35.5. The second kappa shape index (κ2) is 11.4. The van der Waals surface area contributed by atoms with E-state index in [2.05, 4.69) is 10.3 Å². The van der Waals surface area contributed by atoms with Crippen LogP contribution in [0.3, 0.4) is 0 Å². The number of H-pyrrole nitrogens is 1. The Bertz CT molecular complexity index is 1620. The van der Waals surface area contributed by atoms with Crippen molar-refractivity contribution in [2.24, 2.45) is 0 Å². The molecule has 40 heavy (non-hydrogen) atoms. The molecular formula is C29H29Cl2N3O5S. The van der Waals surface area contributed by atoms with E-state index in [9.17, 15) is 18.0 Å². The van der Waals surface area contributed by atoms with Crippen molar-refractivity contribution < 1.29 is 22.7 Å². The number of ether oxygens (including phenoxy) is 1. The largest absolute Gasteiger partial charge is 0.378 e. The van der Waals surface area contributed by atoms with Crippen molar-refractivity contribution >= 4 is 62.2 Å². The number of halogens is 2. The molecule has 2 N–H and O–H groups in total. The van der Waals surface area contributed by atoms with Crippen molar-refractivity contribution in [1.29, 1.82) is 0 Å². The fourth-order valence-electron chi connectivity index (χ4n) is 5.13. The molecule has 0 aliphatic carbocycles. The molecule has 8 nitrogen and oxygen atoms in total. The maximum Gasteiger partial charge on any atom is 0.256 e. The van der Waals surface area contributed by atoms with Crippen LogP contribution in [0.15, 0.2) is 41.3 Å². The third-order valence-corrected chi connectivity index (χ3v) is 9.75. The number of sulfone groups is 1. The highest BCUT2D eigenvalue weighted by molar-refractivity contribution is 7.90. The lowest BCUT2D eigenvalue weighted by Gasteiger charge is -2.26. The highest BCUT2D eigenvalue weighted by Gasteiger charge is 2.28. The Morgan fingerprint density at radius 2 is 1.77 bits per heavy atom. The van der Waals surface area contributed by atoms with E-state index in [0.717, 1.165) is 22.5 Å². The average Bonchev–Trinajstić information content (AvgIpc) is 3.39. The number of benzene rings is 2. The molecule has 3 heterocycles. The quantitative estimate of drug-likeness (QED) is 0.362. The van der Waals surface area contributed by atoms with Gasteiger partial charge in [-0.25, -0.2) is 8.42 Å². The number of nitrogens with zero attached hydrogens (tertiary/aromatic N) is 1. The number of aromatic nitrogens is 1. The zero-order valence-corrected chi connectivity index (χ0v) is 24.5. The number of anilines is 1. The molecule has 3 aromatic rings. The molecule has 0 unspecified atom stereocenters. The van der Waals surface area contributed by atoms with Crippen molar-refractivity contribution in [1.82, 2.24) is 9.88 Å². The van der Waals surface area contributed by atoms with E-state index in [0.29, 0.717) is 61.5 Å². The molecule has 0 spiro atoms. The molecule has 5 rings (SSSR count). The van der Waals surface area contributed by atoms with Crippen LogP contribution in [-0.4, -0.2) is 56.4 Å². The van der Waals surface area contributed by atoms with Crippen molar-refractivity contribution in [2.75, 3.05) is 31.6 Å². The first kappa shape index (κ1) is 28.4. The minimum absolute atomic E-state index is 0.0614. The number of aryl methyl sites for hydroxylation is 1. The maximum absolute atomic E-state index is 13.3. The zero-order chi connectivity index (χ0) is 28.6. The van der Waals surface area contributed by atoms with Crippen LogP contribution < -0.4 is 5.32 Å². The van der Waals surface area contributed by atoms with Crippen LogP contribution in [0.25, 0.3) is 11.6 Å². The van der Waals surface area contributed by atoms with E-state index in [4.69, 9.17) is 27.9 Å². The van der Waals surface area contributed by atoms with Gasteiger partial charge < -0.3 is 19.9 Å². The molecule has 210 valence electrons. The Labute approximate surface area is 243 Å². The fraction of sp³-hybridized carbons (Fsp3) is 0.310. The van der Waals surface area contributed by atoms with Crippen LogP contribution >= 0.6 is 23.2 Å². The molecule has 2 aliphatic heterocycles. The maximum atomic E-state index is 13.3. The highest BCUT2D eigenvalue weighted by Crippen LogP contribution is 2.37. The van der Waals surface area contributed by atoms with Crippen LogP contribution in [0, 0.1) is 13.8 Å². The Hall–Kier alpha value is -3.11. The molecule has 0 radical (unpaired) electrons. The van der Waals surface area contributed by atoms with Crippen LogP contribution in [0.2, 0.25) is 10.0 Å². The number of hydrogen-bond donors (Lipinski definition) is 2. The van der Waals surface area contributed by atoms with Gasteiger partial charge in [0.1, 0.15) is 0 Å². The minimum Gasteiger partial charge on any atom is -0.378 e. The van der Waals surface area contributed by atoms with Gasteiger partial charge in [0.25, 0.3) is 5.91 Å². The number of amides is 2. The summed E-state index contributed by atoms with van der Waals surface area (Å²) < 4.78 is 32.0. The lowest BCUT2D eigenvalue weighted by molar-refractivity contribution is -0.135. The van der Waals surface area contributed by atoms with Gasteiger partial charge in [-0.3, -0.25) is 9.59 Å². The van der Waals surface area contributed by atoms with Crippen molar-refractivity contribution in [3.8, 4) is 0 Å². The van der Waals surface area contributed by atoms with E-state index in [1.54, 1.807) is 30.3 Å². The molecule has 1 fully saturated rings. The summed E-state index contributed by atoms with van der Waals surface area (Å²) in [6.07, 6.45) is 2.69. The number of morpholine rings is 1. The number of fused-ring (bicyclic) bond motifs is 1. The monoisotopic (exact) mass is 601 g/mol. The van der Waals surface area contributed by atoms with E-state index in [1.807, 2.05) is 18.7 Å². The molecule has 1 aromatic heterocycles. The van der Waals surface area contributed by atoms with Gasteiger partial charge >= 0.3 is 0 Å². The SMILES string of the molecule is Cc1[nH]c(C=C2C(=O)Nc3ccc(S(=O)(=O)Cc4c(Cl)cccc4Cl)cc32)c(C)c1CCC(=O)N1CCOCC1. The predicted molar refractivity (Wildman–Crippen MR) is 156 cm³/mol. The van der Waals surface area contributed by atoms with Crippen LogP contribution in [0.4, 0.5) is 5.69 Å². The fourth-order valence-corrected chi connectivity index (χ4v) is 7.25. The van der Waals surface area contributed by atoms with E-state index in [1.165, 1.54) is 12.1 Å². The summed E-state index contributed by atoms with van der Waals surface area (Å²) in [7, 11) is -3.82. The number of carbonyl (C=O) groups is 2. The standard InChI is InChI=1S/C29H29Cl2N3O5S/c1-17-20(7-9-28(35)34-10-12-39-13-11-34)18(2)32-27(17)15-22-21-14-19(6-8-26(21)33-29(22)36)40(37,38)16-23-24(30)4-3-5-25(23)31/h3-6,8,14-15,32H,7,9-13,16H2,1-2H3,(H,33,36). The summed E-state index contributed by atoms with van der Waals surface area (Å²) >= 11 is 12.4. The Kier molecular flexibility index (Phi) is 8.10. The van der Waals surface area contributed by atoms with Gasteiger partial charge in [-0.15, -0.1) is 0 Å². The average molecular weight is 603 g/mol. The summed E-state index contributed by atoms with van der Waals surface area (Å²) in [5.74, 6) is -0.597. The van der Waals surface area contributed by atoms with Gasteiger partial charge in [0.2, 0.25) is 5.91 Å². The zero-order valence-electron chi connectivity index (χ0n) is 22.1. The van der Waals surface area contributed by atoms with E-state index < -0.39 is 9.84 Å². The summed E-state index contributed by atoms with van der Waals surface area (Å²) in [4.78, 5) is 30.8. The third kappa shape index (κ3) is 5.69. The molecule has 0 bridgehead atoms. The Balaban J connectivity index is 1.41. The predicted octanol–water partition coefficient (Wildman–Crippen LogP) is 5.20. The molecule has 2 aromatic carbocycles. The lowest BCUT2D eigenvalue weighted by Crippen LogP contribution is -2.40. The molecule has 2 aliphatic rings. The van der Waals surface area contributed by atoms with Gasteiger partial charge in [0.15, 0.2) is 9.84 Å². The Morgan fingerprint density at radius 3 is 2.48 bits per heavy atom. The number of rotatable bonds is 7. The van der Waals surface area contributed by atoms with E-state index in [-0.39, 0.29) is 32.5 Å². The first-order valence-electron chi connectivity index (χ1n) is 12.9. The van der Waals surface area contributed by atoms with Crippen LogP contribution in [-0.2, 0) is 36.3 Å². The number of carbonyl (C=O) groups excluding carboxylic acids is 2. The lowest BCUT2D eigenvalue weighted by atomic mass is 10.0. The van der Waals surface area contributed by atoms with Gasteiger partial charge in [-0.1, -0.05) is 29.3 Å². The minimum atomic E-state index is -3.82. The van der Waals surface area contributed by atoms with Gasteiger partial charge in [0.05, 0.1) is 29.4 Å². The van der Waals surface area contributed by atoms with E-state index >= 15 is 0 Å². The van der Waals surface area contributed by atoms with Gasteiger partial charge in [0, 0.05) is 57.8 Å². The van der Waals surface area contributed by atoms with Gasteiger partial charge in [-0.2, -0.15) is 0 Å². The molecule has 2 amide bonds. The van der Waals surface area contributed by atoms with Crippen LogP contribution in [0.1, 0.15) is 40.1 Å². The molecule has 1 saturated heterocycles. The summed E-state index contributed by atoms with van der Waals surface area (Å²) in [5.41, 5.74) is 5.33. The Morgan fingerprint density at radius 1 is 1.07 bits per heavy atom. The number of hydrogen-bond acceptors (Lipinski definition) is 5. The summed E-state index contributed by atoms with van der Waals surface area (Å²) in [6.45, 7) is 6.24. The summed E-state index contributed by atoms with van der Waals surface area (Å²) in [5, 5.41) is 3.36. The topological polar surface area (TPSA) is 109 Å². The molecular weight excluding hydrogens is 573 g/mol. The second-order valence-corrected chi connectivity index (χ2v) is 12.7. The first-order valence-corrected chi connectivity index (χ1v) is 15.3. The van der Waals surface area contributed by atoms with Gasteiger partial charge in [-0.05, 0) is 67.8 Å². The normalized spacial score (nSPS) is 16.4. The number of nitrogens with one attached hydrogen (secondary N) is 2. The smallest absolute Gasteiger partial charge is 0.256 e. The van der Waals surface area contributed by atoms with Crippen molar-refractivity contribution in [3.05, 3.63) is 80.1 Å². The summed E-state index contributed by atoms with van der Waals surface area (Å²) in [6, 6.07) is 9.41.